The van der Waals surface area contributed by atoms with Crippen LogP contribution in [0.3, 0.4) is 0 Å². The van der Waals surface area contributed by atoms with E-state index in [0.29, 0.717) is 24.1 Å². The van der Waals surface area contributed by atoms with E-state index in [-0.39, 0.29) is 29.6 Å². The van der Waals surface area contributed by atoms with Gasteiger partial charge in [0.25, 0.3) is 11.8 Å². The van der Waals surface area contributed by atoms with E-state index < -0.39 is 0 Å². The third kappa shape index (κ3) is 1.98. The lowest BCUT2D eigenvalue weighted by Gasteiger charge is -2.30. The number of primary amides is 1. The molecular formula is C14H15N3O3. The van der Waals surface area contributed by atoms with E-state index in [1.54, 1.807) is 18.2 Å². The molecule has 0 bridgehead atoms. The minimum Gasteiger partial charge on any atom is -0.369 e. The van der Waals surface area contributed by atoms with Crippen molar-refractivity contribution < 1.29 is 14.4 Å². The van der Waals surface area contributed by atoms with Crippen LogP contribution in [0.4, 0.5) is 0 Å². The Kier molecular flexibility index (Phi) is 3.02. The van der Waals surface area contributed by atoms with Crippen LogP contribution in [-0.4, -0.2) is 30.8 Å². The molecule has 104 valence electrons. The van der Waals surface area contributed by atoms with Gasteiger partial charge >= 0.3 is 0 Å². The van der Waals surface area contributed by atoms with Gasteiger partial charge in [0.15, 0.2) is 0 Å². The summed E-state index contributed by atoms with van der Waals surface area (Å²) in [4.78, 5) is 34.8. The number of nitrogens with two attached hydrogens (primary N) is 1. The average molecular weight is 273 g/mol. The normalized spacial score (nSPS) is 25.2. The number of nitrogens with one attached hydrogen (secondary N) is 2. The smallest absolute Gasteiger partial charge is 0.258 e. The average Bonchev–Trinajstić information content (AvgIpc) is 2.73. The number of fused-ring (bicyclic) bond motifs is 1. The summed E-state index contributed by atoms with van der Waals surface area (Å²) in [6, 6.07) is 5.13. The van der Waals surface area contributed by atoms with Crippen LogP contribution in [0.15, 0.2) is 18.2 Å². The molecule has 0 aliphatic carbocycles. The highest BCUT2D eigenvalue weighted by atomic mass is 16.2. The molecule has 4 N–H and O–H groups in total. The highest BCUT2D eigenvalue weighted by Gasteiger charge is 2.33. The molecule has 20 heavy (non-hydrogen) atoms. The summed E-state index contributed by atoms with van der Waals surface area (Å²) >= 11 is 0. The van der Waals surface area contributed by atoms with E-state index in [0.717, 1.165) is 12.1 Å². The summed E-state index contributed by atoms with van der Waals surface area (Å²) in [6.45, 7) is 1.40. The van der Waals surface area contributed by atoms with Crippen molar-refractivity contribution in [1.82, 2.24) is 10.6 Å². The molecule has 0 spiro atoms. The third-order valence-corrected chi connectivity index (χ3v) is 4.04. The quantitative estimate of drug-likeness (QED) is 0.647. The largest absolute Gasteiger partial charge is 0.369 e. The van der Waals surface area contributed by atoms with Gasteiger partial charge in [0, 0.05) is 18.4 Å². The minimum absolute atomic E-state index is 0.0601. The second kappa shape index (κ2) is 4.72. The lowest BCUT2D eigenvalue weighted by molar-refractivity contribution is -0.123. The van der Waals surface area contributed by atoms with Crippen molar-refractivity contribution in [3.63, 3.8) is 0 Å². The fourth-order valence-electron chi connectivity index (χ4n) is 2.97. The Labute approximate surface area is 115 Å². The van der Waals surface area contributed by atoms with Crippen molar-refractivity contribution in [3.05, 3.63) is 34.9 Å². The summed E-state index contributed by atoms with van der Waals surface area (Å²) in [6.07, 6.45) is 0.683. The number of piperidine rings is 1. The molecular weight excluding hydrogens is 258 g/mol. The van der Waals surface area contributed by atoms with Gasteiger partial charge < -0.3 is 11.1 Å². The number of imide groups is 1. The molecule has 2 unspecified atom stereocenters. The van der Waals surface area contributed by atoms with Gasteiger partial charge in [-0.15, -0.1) is 0 Å². The molecule has 6 heteroatoms. The Morgan fingerprint density at radius 3 is 2.70 bits per heavy atom. The number of rotatable bonds is 2. The Morgan fingerprint density at radius 1 is 1.20 bits per heavy atom. The zero-order valence-corrected chi connectivity index (χ0v) is 10.8. The molecule has 6 nitrogen and oxygen atoms in total. The number of amides is 3. The van der Waals surface area contributed by atoms with Crippen molar-refractivity contribution in [2.24, 2.45) is 11.7 Å². The first kappa shape index (κ1) is 12.8. The first-order chi connectivity index (χ1) is 9.58. The van der Waals surface area contributed by atoms with E-state index in [2.05, 4.69) is 10.6 Å². The predicted molar refractivity (Wildman–Crippen MR) is 71.2 cm³/mol. The summed E-state index contributed by atoms with van der Waals surface area (Å²) in [5.74, 6) is -1.38. The molecule has 1 aromatic carbocycles. The lowest BCUT2D eigenvalue weighted by Crippen LogP contribution is -2.41. The van der Waals surface area contributed by atoms with Gasteiger partial charge in [0.2, 0.25) is 5.91 Å². The fraction of sp³-hybridized carbons (Fsp3) is 0.357. The van der Waals surface area contributed by atoms with E-state index in [9.17, 15) is 14.4 Å². The Hall–Kier alpha value is -2.21. The maximum absolute atomic E-state index is 11.7. The van der Waals surface area contributed by atoms with Crippen molar-refractivity contribution in [3.8, 4) is 0 Å². The van der Waals surface area contributed by atoms with Crippen LogP contribution in [0.1, 0.15) is 38.6 Å². The molecule has 0 saturated carbocycles. The van der Waals surface area contributed by atoms with Crippen molar-refractivity contribution >= 4 is 17.7 Å². The number of carbonyl (C=O) groups is 3. The maximum atomic E-state index is 11.7. The zero-order chi connectivity index (χ0) is 14.3. The van der Waals surface area contributed by atoms with Crippen LogP contribution in [-0.2, 0) is 4.79 Å². The van der Waals surface area contributed by atoms with Crippen LogP contribution in [0.2, 0.25) is 0 Å². The predicted octanol–water partition coefficient (Wildman–Crippen LogP) is -0.251. The number of hydrogen-bond donors (Lipinski definition) is 3. The molecule has 2 atom stereocenters. The summed E-state index contributed by atoms with van der Waals surface area (Å²) in [5, 5.41) is 5.49. The van der Waals surface area contributed by atoms with Crippen LogP contribution in [0, 0.1) is 5.92 Å². The Bertz CT molecular complexity index is 612. The molecule has 2 aliphatic rings. The van der Waals surface area contributed by atoms with Gasteiger partial charge in [-0.3, -0.25) is 19.7 Å². The molecule has 3 amide bonds. The molecule has 0 radical (unpaired) electrons. The Morgan fingerprint density at radius 2 is 1.95 bits per heavy atom. The summed E-state index contributed by atoms with van der Waals surface area (Å²) in [5.41, 5.74) is 7.09. The van der Waals surface area contributed by atoms with Gasteiger partial charge in [-0.05, 0) is 30.7 Å². The first-order valence-corrected chi connectivity index (χ1v) is 6.57. The van der Waals surface area contributed by atoms with Crippen molar-refractivity contribution in [2.75, 3.05) is 13.1 Å². The van der Waals surface area contributed by atoms with Gasteiger partial charge in [0.05, 0.1) is 11.1 Å². The first-order valence-electron chi connectivity index (χ1n) is 6.57. The minimum atomic E-state index is -0.383. The van der Waals surface area contributed by atoms with Gasteiger partial charge in [-0.2, -0.15) is 0 Å². The molecule has 1 fully saturated rings. The molecule has 2 heterocycles. The SMILES string of the molecule is NC(=O)C1CCNCC1c1ccc2c(c1)C(=O)NC2=O. The van der Waals surface area contributed by atoms with Crippen molar-refractivity contribution in [1.29, 1.82) is 0 Å². The second-order valence-corrected chi connectivity index (χ2v) is 5.20. The van der Waals surface area contributed by atoms with Gasteiger partial charge in [-0.25, -0.2) is 0 Å². The van der Waals surface area contributed by atoms with Crippen LogP contribution < -0.4 is 16.4 Å². The van der Waals surface area contributed by atoms with Gasteiger partial charge in [-0.1, -0.05) is 6.07 Å². The highest BCUT2D eigenvalue weighted by Crippen LogP contribution is 2.31. The molecule has 2 aliphatic heterocycles. The van der Waals surface area contributed by atoms with E-state index in [1.165, 1.54) is 0 Å². The highest BCUT2D eigenvalue weighted by molar-refractivity contribution is 6.21. The molecule has 0 aromatic heterocycles. The van der Waals surface area contributed by atoms with Crippen LogP contribution in [0.5, 0.6) is 0 Å². The molecule has 1 aromatic rings. The second-order valence-electron chi connectivity index (χ2n) is 5.20. The van der Waals surface area contributed by atoms with E-state index in [1.807, 2.05) is 0 Å². The number of carbonyl (C=O) groups excluding carboxylic acids is 3. The summed E-state index contributed by atoms with van der Waals surface area (Å²) in [7, 11) is 0. The summed E-state index contributed by atoms with van der Waals surface area (Å²) < 4.78 is 0. The maximum Gasteiger partial charge on any atom is 0.258 e. The zero-order valence-electron chi connectivity index (χ0n) is 10.8. The molecule has 1 saturated heterocycles. The number of hydrogen-bond acceptors (Lipinski definition) is 4. The van der Waals surface area contributed by atoms with Crippen LogP contribution >= 0.6 is 0 Å². The van der Waals surface area contributed by atoms with Gasteiger partial charge in [0.1, 0.15) is 0 Å². The van der Waals surface area contributed by atoms with E-state index >= 15 is 0 Å². The fourth-order valence-corrected chi connectivity index (χ4v) is 2.97. The topological polar surface area (TPSA) is 101 Å². The van der Waals surface area contributed by atoms with E-state index in [4.69, 9.17) is 5.73 Å². The third-order valence-electron chi connectivity index (χ3n) is 4.04. The standard InChI is InChI=1S/C14H15N3O3/c15-12(18)8-3-4-16-6-11(8)7-1-2-9-10(5-7)14(20)17-13(9)19/h1-2,5,8,11,16H,3-4,6H2,(H2,15,18)(H,17,19,20). The van der Waals surface area contributed by atoms with Crippen molar-refractivity contribution in [2.45, 2.75) is 12.3 Å². The monoisotopic (exact) mass is 273 g/mol. The lowest BCUT2D eigenvalue weighted by atomic mass is 9.80. The number of benzene rings is 1. The Balaban J connectivity index is 1.98. The van der Waals surface area contributed by atoms with Crippen LogP contribution in [0.25, 0.3) is 0 Å². The molecule has 3 rings (SSSR count).